The Hall–Kier alpha value is -4.14. The SMILES string of the molecule is C[C@H](c1cc2nc(-c3ccc(C#N)nc3)sc2cn1)[C@](O)(Cn1cncn1)c1ccc(F)cc1F. The molecule has 174 valence electrons. The number of aliphatic hydroxyl groups is 1. The summed E-state index contributed by atoms with van der Waals surface area (Å²) in [4.78, 5) is 17.2. The number of aromatic nitrogens is 6. The van der Waals surface area contributed by atoms with Gasteiger partial charge >= 0.3 is 0 Å². The fraction of sp³-hybridized carbons (Fsp3) is 0.167. The lowest BCUT2D eigenvalue weighted by atomic mass is 9.79. The molecule has 11 heteroatoms. The van der Waals surface area contributed by atoms with Crippen molar-refractivity contribution in [3.63, 3.8) is 0 Å². The van der Waals surface area contributed by atoms with Crippen LogP contribution in [-0.2, 0) is 12.1 Å². The van der Waals surface area contributed by atoms with Gasteiger partial charge in [0.2, 0.25) is 0 Å². The molecule has 0 saturated carbocycles. The van der Waals surface area contributed by atoms with Gasteiger partial charge < -0.3 is 5.11 Å². The summed E-state index contributed by atoms with van der Waals surface area (Å²) >= 11 is 1.41. The Morgan fingerprint density at radius 3 is 2.71 bits per heavy atom. The Morgan fingerprint density at radius 2 is 2.03 bits per heavy atom. The number of thiazole rings is 1. The van der Waals surface area contributed by atoms with E-state index in [0.29, 0.717) is 21.9 Å². The molecule has 0 radical (unpaired) electrons. The normalized spacial score (nSPS) is 13.9. The molecule has 8 nitrogen and oxygen atoms in total. The number of hydrogen-bond donors (Lipinski definition) is 1. The maximum absolute atomic E-state index is 14.8. The zero-order valence-corrected chi connectivity index (χ0v) is 19.1. The van der Waals surface area contributed by atoms with E-state index < -0.39 is 23.2 Å². The molecule has 0 aliphatic rings. The highest BCUT2D eigenvalue weighted by molar-refractivity contribution is 7.21. The minimum atomic E-state index is -1.82. The maximum Gasteiger partial charge on any atom is 0.140 e. The van der Waals surface area contributed by atoms with Crippen molar-refractivity contribution in [2.45, 2.75) is 25.0 Å². The van der Waals surface area contributed by atoms with Crippen molar-refractivity contribution in [2.75, 3.05) is 0 Å². The van der Waals surface area contributed by atoms with E-state index in [2.05, 4.69) is 25.0 Å². The van der Waals surface area contributed by atoms with Gasteiger partial charge in [0.15, 0.2) is 0 Å². The second-order valence-corrected chi connectivity index (χ2v) is 9.03. The van der Waals surface area contributed by atoms with Gasteiger partial charge in [0.25, 0.3) is 0 Å². The van der Waals surface area contributed by atoms with E-state index in [4.69, 9.17) is 5.26 Å². The maximum atomic E-state index is 14.8. The smallest absolute Gasteiger partial charge is 0.140 e. The Balaban J connectivity index is 1.55. The summed E-state index contributed by atoms with van der Waals surface area (Å²) in [5.41, 5.74) is 0.296. The number of pyridine rings is 2. The van der Waals surface area contributed by atoms with E-state index in [0.717, 1.165) is 22.4 Å². The molecule has 0 aliphatic carbocycles. The van der Waals surface area contributed by atoms with Crippen molar-refractivity contribution >= 4 is 21.6 Å². The van der Waals surface area contributed by atoms with Gasteiger partial charge in [-0.1, -0.05) is 13.0 Å². The Morgan fingerprint density at radius 1 is 1.17 bits per heavy atom. The topological polar surface area (TPSA) is 113 Å². The Labute approximate surface area is 202 Å². The highest BCUT2D eigenvalue weighted by Crippen LogP contribution is 2.40. The number of benzene rings is 1. The van der Waals surface area contributed by atoms with Gasteiger partial charge in [0.05, 0.1) is 16.8 Å². The molecule has 4 aromatic heterocycles. The fourth-order valence-electron chi connectivity index (χ4n) is 3.90. The van der Waals surface area contributed by atoms with E-state index in [1.807, 2.05) is 6.07 Å². The molecular weight excluding hydrogens is 472 g/mol. The number of rotatable bonds is 6. The van der Waals surface area contributed by atoms with Crippen molar-refractivity contribution in [1.82, 2.24) is 29.7 Å². The van der Waals surface area contributed by atoms with Crippen LogP contribution in [0.2, 0.25) is 0 Å². The molecule has 0 aliphatic heterocycles. The van der Waals surface area contributed by atoms with Crippen LogP contribution in [0.5, 0.6) is 0 Å². The van der Waals surface area contributed by atoms with Crippen LogP contribution in [0.15, 0.2) is 61.4 Å². The van der Waals surface area contributed by atoms with Gasteiger partial charge in [-0.05, 0) is 24.3 Å². The van der Waals surface area contributed by atoms with E-state index in [1.165, 1.54) is 34.7 Å². The van der Waals surface area contributed by atoms with Crippen LogP contribution in [0.4, 0.5) is 8.78 Å². The average molecular weight is 490 g/mol. The summed E-state index contributed by atoms with van der Waals surface area (Å²) in [6.45, 7) is 1.58. The van der Waals surface area contributed by atoms with Crippen LogP contribution in [0.3, 0.4) is 0 Å². The Kier molecular flexibility index (Phi) is 5.76. The van der Waals surface area contributed by atoms with Gasteiger partial charge in [-0.3, -0.25) is 4.98 Å². The summed E-state index contributed by atoms with van der Waals surface area (Å²) in [6, 6.07) is 10.2. The largest absolute Gasteiger partial charge is 0.382 e. The van der Waals surface area contributed by atoms with Crippen molar-refractivity contribution < 1.29 is 13.9 Å². The van der Waals surface area contributed by atoms with Crippen molar-refractivity contribution in [1.29, 1.82) is 5.26 Å². The highest BCUT2D eigenvalue weighted by atomic mass is 32.1. The molecule has 0 bridgehead atoms. The second kappa shape index (κ2) is 8.90. The third-order valence-corrected chi connectivity index (χ3v) is 6.90. The minimum Gasteiger partial charge on any atom is -0.382 e. The molecule has 0 saturated heterocycles. The third kappa shape index (κ3) is 4.25. The molecule has 35 heavy (non-hydrogen) atoms. The first-order chi connectivity index (χ1) is 16.9. The molecular formula is C24H17F2N7OS. The molecule has 0 amide bonds. The van der Waals surface area contributed by atoms with Crippen molar-refractivity contribution in [3.05, 3.63) is 90.0 Å². The highest BCUT2D eigenvalue weighted by Gasteiger charge is 2.40. The zero-order chi connectivity index (χ0) is 24.6. The Bertz CT molecular complexity index is 1550. The van der Waals surface area contributed by atoms with E-state index >= 15 is 0 Å². The van der Waals surface area contributed by atoms with Crippen LogP contribution >= 0.6 is 11.3 Å². The lowest BCUT2D eigenvalue weighted by molar-refractivity contribution is -0.0122. The minimum absolute atomic E-state index is 0.0774. The van der Waals surface area contributed by atoms with Crippen LogP contribution in [0, 0.1) is 23.0 Å². The molecule has 0 spiro atoms. The van der Waals surface area contributed by atoms with E-state index in [9.17, 15) is 13.9 Å². The van der Waals surface area contributed by atoms with Crippen molar-refractivity contribution in [2.24, 2.45) is 0 Å². The van der Waals surface area contributed by atoms with Crippen LogP contribution in [0.25, 0.3) is 20.8 Å². The quantitative estimate of drug-likeness (QED) is 0.381. The molecule has 1 N–H and O–H groups in total. The molecule has 5 aromatic rings. The van der Waals surface area contributed by atoms with Crippen LogP contribution < -0.4 is 0 Å². The number of fused-ring (bicyclic) bond motifs is 1. The van der Waals surface area contributed by atoms with Gasteiger partial charge in [0.1, 0.15) is 46.7 Å². The lowest BCUT2D eigenvalue weighted by Gasteiger charge is -2.34. The van der Waals surface area contributed by atoms with E-state index in [-0.39, 0.29) is 12.1 Å². The summed E-state index contributed by atoms with van der Waals surface area (Å²) in [6.07, 6.45) is 5.96. The number of nitrogens with zero attached hydrogens (tertiary/aromatic N) is 7. The zero-order valence-electron chi connectivity index (χ0n) is 18.3. The van der Waals surface area contributed by atoms with Gasteiger partial charge in [-0.15, -0.1) is 11.3 Å². The predicted molar refractivity (Wildman–Crippen MR) is 124 cm³/mol. The summed E-state index contributed by atoms with van der Waals surface area (Å²) in [5, 5.41) is 25.5. The first-order valence-corrected chi connectivity index (χ1v) is 11.3. The van der Waals surface area contributed by atoms with Gasteiger partial charge in [-0.2, -0.15) is 10.4 Å². The van der Waals surface area contributed by atoms with Gasteiger partial charge in [-0.25, -0.2) is 28.4 Å². The third-order valence-electron chi connectivity index (χ3n) is 5.85. The molecule has 0 unspecified atom stereocenters. The first kappa shape index (κ1) is 22.6. The van der Waals surface area contributed by atoms with Crippen molar-refractivity contribution in [3.8, 4) is 16.6 Å². The molecule has 4 heterocycles. The second-order valence-electron chi connectivity index (χ2n) is 8.00. The van der Waals surface area contributed by atoms with E-state index in [1.54, 1.807) is 37.5 Å². The molecule has 1 aromatic carbocycles. The monoisotopic (exact) mass is 489 g/mol. The number of hydrogen-bond acceptors (Lipinski definition) is 8. The van der Waals surface area contributed by atoms with Gasteiger partial charge in [0, 0.05) is 41.2 Å². The summed E-state index contributed by atoms with van der Waals surface area (Å²) in [7, 11) is 0. The number of halogens is 2. The molecule has 5 rings (SSSR count). The average Bonchev–Trinajstić information content (AvgIpc) is 3.52. The standard InChI is InChI=1S/C24H17F2N7OS/c1-14(24(34,11-33-13-28-12-31-33)18-5-3-16(25)6-19(18)26)20-7-21-22(10-30-20)35-23(32-21)15-2-4-17(8-27)29-9-15/h2-7,9-10,12-14,34H,11H2,1H3/t14-,24-/m1/s1. The van der Waals surface area contributed by atoms with Crippen LogP contribution in [0.1, 0.15) is 29.8 Å². The first-order valence-electron chi connectivity index (χ1n) is 10.5. The fourth-order valence-corrected chi connectivity index (χ4v) is 4.80. The predicted octanol–water partition coefficient (Wildman–Crippen LogP) is 4.19. The summed E-state index contributed by atoms with van der Waals surface area (Å²) < 4.78 is 30.7. The molecule has 2 atom stereocenters. The number of nitriles is 1. The summed E-state index contributed by atoms with van der Waals surface area (Å²) in [5.74, 6) is -2.34. The molecule has 0 fully saturated rings. The lowest BCUT2D eigenvalue weighted by Crippen LogP contribution is -2.38. The van der Waals surface area contributed by atoms with Crippen LogP contribution in [-0.4, -0.2) is 34.8 Å².